The minimum absolute atomic E-state index is 0.939. The topological polar surface area (TPSA) is 40.7 Å². The molecule has 0 atom stereocenters. The number of nitrogens with zero attached hydrogens (tertiary/aromatic N) is 1. The molecule has 0 saturated heterocycles. The molecule has 2 N–H and O–H groups in total. The van der Waals surface area contributed by atoms with Crippen molar-refractivity contribution in [1.29, 1.82) is 0 Å². The van der Waals surface area contributed by atoms with Gasteiger partial charge in [-0.15, -0.1) is 0 Å². The van der Waals surface area contributed by atoms with E-state index in [2.05, 4.69) is 40.4 Å². The molecule has 0 amide bonds. The summed E-state index contributed by atoms with van der Waals surface area (Å²) in [7, 11) is 0. The standard InChI is InChI=1S/C12H17N3/c1-2-3-6-13-8-10-4-5-11-12(7-10)15-9-14-11/h4-5,7,9,13H,2-3,6,8H2,1H3,(H,14,15). The molecule has 0 saturated carbocycles. The van der Waals surface area contributed by atoms with E-state index in [0.29, 0.717) is 0 Å². The molecule has 0 fully saturated rings. The van der Waals surface area contributed by atoms with Gasteiger partial charge in [0.1, 0.15) is 0 Å². The van der Waals surface area contributed by atoms with Gasteiger partial charge in [0.05, 0.1) is 17.4 Å². The lowest BCUT2D eigenvalue weighted by Crippen LogP contribution is -2.14. The van der Waals surface area contributed by atoms with E-state index >= 15 is 0 Å². The maximum Gasteiger partial charge on any atom is 0.0931 e. The first-order valence-electron chi connectivity index (χ1n) is 5.53. The molecule has 3 nitrogen and oxygen atoms in total. The third-order valence-corrected chi connectivity index (χ3v) is 2.52. The maximum atomic E-state index is 4.19. The van der Waals surface area contributed by atoms with E-state index in [1.54, 1.807) is 6.33 Å². The van der Waals surface area contributed by atoms with Crippen LogP contribution in [0.4, 0.5) is 0 Å². The lowest BCUT2D eigenvalue weighted by Gasteiger charge is -2.03. The third-order valence-electron chi connectivity index (χ3n) is 2.52. The number of aromatic amines is 1. The summed E-state index contributed by atoms with van der Waals surface area (Å²) in [6.07, 6.45) is 4.22. The SMILES string of the molecule is CCCCNCc1ccc2nc[nH]c2c1. The predicted octanol–water partition coefficient (Wildman–Crippen LogP) is 2.45. The number of hydrogen-bond donors (Lipinski definition) is 2. The molecule has 0 bridgehead atoms. The average Bonchev–Trinajstić information content (AvgIpc) is 2.71. The molecule has 2 aromatic rings. The molecule has 0 unspecified atom stereocenters. The molecule has 80 valence electrons. The Bertz CT molecular complexity index is 419. The number of hydrogen-bond acceptors (Lipinski definition) is 2. The number of rotatable bonds is 5. The van der Waals surface area contributed by atoms with E-state index in [1.807, 2.05) is 0 Å². The van der Waals surface area contributed by atoms with Crippen LogP contribution in [-0.2, 0) is 6.54 Å². The fourth-order valence-corrected chi connectivity index (χ4v) is 1.63. The molecule has 0 aliphatic rings. The molecule has 0 aliphatic carbocycles. The van der Waals surface area contributed by atoms with Gasteiger partial charge in [-0.25, -0.2) is 4.98 Å². The molecule has 0 spiro atoms. The monoisotopic (exact) mass is 203 g/mol. The summed E-state index contributed by atoms with van der Waals surface area (Å²) in [6, 6.07) is 6.34. The van der Waals surface area contributed by atoms with Crippen molar-refractivity contribution in [3.8, 4) is 0 Å². The Morgan fingerprint density at radius 2 is 2.33 bits per heavy atom. The van der Waals surface area contributed by atoms with Crippen molar-refractivity contribution < 1.29 is 0 Å². The van der Waals surface area contributed by atoms with E-state index < -0.39 is 0 Å². The van der Waals surface area contributed by atoms with Gasteiger partial charge >= 0.3 is 0 Å². The minimum Gasteiger partial charge on any atom is -0.345 e. The van der Waals surface area contributed by atoms with E-state index in [0.717, 1.165) is 24.1 Å². The van der Waals surface area contributed by atoms with Gasteiger partial charge in [0.2, 0.25) is 0 Å². The Morgan fingerprint density at radius 3 is 3.20 bits per heavy atom. The second-order valence-electron chi connectivity index (χ2n) is 3.78. The highest BCUT2D eigenvalue weighted by Crippen LogP contribution is 2.11. The van der Waals surface area contributed by atoms with Crippen LogP contribution in [0.5, 0.6) is 0 Å². The zero-order valence-electron chi connectivity index (χ0n) is 9.09. The van der Waals surface area contributed by atoms with Crippen molar-refractivity contribution in [2.24, 2.45) is 0 Å². The van der Waals surface area contributed by atoms with Gasteiger partial charge in [-0.05, 0) is 30.7 Å². The number of nitrogens with one attached hydrogen (secondary N) is 2. The van der Waals surface area contributed by atoms with Gasteiger partial charge in [0.25, 0.3) is 0 Å². The van der Waals surface area contributed by atoms with Crippen molar-refractivity contribution in [2.75, 3.05) is 6.54 Å². The van der Waals surface area contributed by atoms with Crippen LogP contribution in [0.1, 0.15) is 25.3 Å². The fourth-order valence-electron chi connectivity index (χ4n) is 1.63. The van der Waals surface area contributed by atoms with Gasteiger partial charge in [-0.3, -0.25) is 0 Å². The number of benzene rings is 1. The van der Waals surface area contributed by atoms with Crippen LogP contribution in [0.3, 0.4) is 0 Å². The van der Waals surface area contributed by atoms with Crippen LogP contribution in [-0.4, -0.2) is 16.5 Å². The largest absolute Gasteiger partial charge is 0.345 e. The second kappa shape index (κ2) is 4.94. The summed E-state index contributed by atoms with van der Waals surface area (Å²) in [5.74, 6) is 0. The molecule has 0 radical (unpaired) electrons. The van der Waals surface area contributed by atoms with E-state index in [4.69, 9.17) is 0 Å². The number of imidazole rings is 1. The molecule has 1 aromatic heterocycles. The Labute approximate surface area is 89.9 Å². The van der Waals surface area contributed by atoms with Gasteiger partial charge in [-0.2, -0.15) is 0 Å². The third kappa shape index (κ3) is 2.57. The van der Waals surface area contributed by atoms with E-state index in [1.165, 1.54) is 18.4 Å². The van der Waals surface area contributed by atoms with Crippen LogP contribution in [0.2, 0.25) is 0 Å². The zero-order chi connectivity index (χ0) is 10.5. The highest BCUT2D eigenvalue weighted by atomic mass is 14.9. The first-order chi connectivity index (χ1) is 7.40. The van der Waals surface area contributed by atoms with Crippen molar-refractivity contribution in [3.63, 3.8) is 0 Å². The lowest BCUT2D eigenvalue weighted by molar-refractivity contribution is 0.642. The van der Waals surface area contributed by atoms with Crippen LogP contribution in [0.15, 0.2) is 24.5 Å². The fraction of sp³-hybridized carbons (Fsp3) is 0.417. The summed E-state index contributed by atoms with van der Waals surface area (Å²) >= 11 is 0. The highest BCUT2D eigenvalue weighted by Gasteiger charge is 1.97. The zero-order valence-corrected chi connectivity index (χ0v) is 9.09. The van der Waals surface area contributed by atoms with E-state index in [9.17, 15) is 0 Å². The molecular formula is C12H17N3. The molecule has 2 rings (SSSR count). The van der Waals surface area contributed by atoms with Gasteiger partial charge in [-0.1, -0.05) is 19.4 Å². The number of fused-ring (bicyclic) bond motifs is 1. The Morgan fingerprint density at radius 1 is 1.40 bits per heavy atom. The molecule has 3 heteroatoms. The van der Waals surface area contributed by atoms with Crippen molar-refractivity contribution in [1.82, 2.24) is 15.3 Å². The normalized spacial score (nSPS) is 11.0. The van der Waals surface area contributed by atoms with E-state index in [-0.39, 0.29) is 0 Å². The molecule has 15 heavy (non-hydrogen) atoms. The Hall–Kier alpha value is -1.35. The molecule has 1 aromatic carbocycles. The van der Waals surface area contributed by atoms with Gasteiger partial charge < -0.3 is 10.3 Å². The first kappa shape index (κ1) is 10.2. The van der Waals surface area contributed by atoms with Crippen LogP contribution >= 0.6 is 0 Å². The number of unbranched alkanes of at least 4 members (excludes halogenated alkanes) is 1. The van der Waals surface area contributed by atoms with Gasteiger partial charge in [0.15, 0.2) is 0 Å². The lowest BCUT2D eigenvalue weighted by atomic mass is 10.2. The molecule has 0 aliphatic heterocycles. The van der Waals surface area contributed by atoms with Crippen molar-refractivity contribution >= 4 is 11.0 Å². The van der Waals surface area contributed by atoms with Gasteiger partial charge in [0, 0.05) is 6.54 Å². The predicted molar refractivity (Wildman–Crippen MR) is 62.7 cm³/mol. The first-order valence-corrected chi connectivity index (χ1v) is 5.53. The number of H-pyrrole nitrogens is 1. The van der Waals surface area contributed by atoms with Crippen LogP contribution < -0.4 is 5.32 Å². The summed E-state index contributed by atoms with van der Waals surface area (Å²) in [5, 5.41) is 3.43. The second-order valence-corrected chi connectivity index (χ2v) is 3.78. The quantitative estimate of drug-likeness (QED) is 0.733. The van der Waals surface area contributed by atoms with Crippen molar-refractivity contribution in [3.05, 3.63) is 30.1 Å². The number of aromatic nitrogens is 2. The van der Waals surface area contributed by atoms with Crippen molar-refractivity contribution in [2.45, 2.75) is 26.3 Å². The van der Waals surface area contributed by atoms with Crippen LogP contribution in [0, 0.1) is 0 Å². The summed E-state index contributed by atoms with van der Waals surface area (Å²) < 4.78 is 0. The minimum atomic E-state index is 0.939. The average molecular weight is 203 g/mol. The summed E-state index contributed by atoms with van der Waals surface area (Å²) in [6.45, 7) is 4.24. The molecule has 1 heterocycles. The highest BCUT2D eigenvalue weighted by molar-refractivity contribution is 5.74. The molecular weight excluding hydrogens is 186 g/mol. The smallest absolute Gasteiger partial charge is 0.0931 e. The summed E-state index contributed by atoms with van der Waals surface area (Å²) in [4.78, 5) is 7.32. The Kier molecular flexibility index (Phi) is 3.35. The summed E-state index contributed by atoms with van der Waals surface area (Å²) in [5.41, 5.74) is 3.46. The maximum absolute atomic E-state index is 4.19. The van der Waals surface area contributed by atoms with Crippen LogP contribution in [0.25, 0.3) is 11.0 Å². The Balaban J connectivity index is 1.96.